The molecule has 0 unspecified atom stereocenters. The van der Waals surface area contributed by atoms with Crippen LogP contribution in [0.5, 0.6) is 11.5 Å². The minimum Gasteiger partial charge on any atom is -0.497 e. The zero-order valence-corrected chi connectivity index (χ0v) is 32.7. The summed E-state index contributed by atoms with van der Waals surface area (Å²) in [6.07, 6.45) is 5.47. The molecule has 3 fully saturated rings. The number of carbonyl (C=O) groups excluding carboxylic acids is 4. The van der Waals surface area contributed by atoms with Crippen LogP contribution in [0.3, 0.4) is 0 Å². The number of hydrogen-bond acceptors (Lipinski definition) is 9. The fraction of sp³-hybridized carbons (Fsp3) is 0.488. The van der Waals surface area contributed by atoms with Crippen molar-refractivity contribution in [2.45, 2.75) is 94.7 Å². The molecule has 2 saturated carbocycles. The highest BCUT2D eigenvalue weighted by atomic mass is 32.2. The van der Waals surface area contributed by atoms with Crippen LogP contribution < -0.4 is 19.5 Å². The van der Waals surface area contributed by atoms with Crippen LogP contribution in [-0.2, 0) is 29.2 Å². The number of fused-ring (bicyclic) bond motifs is 3. The van der Waals surface area contributed by atoms with Gasteiger partial charge >= 0.3 is 0 Å². The van der Waals surface area contributed by atoms with Crippen LogP contribution in [-0.4, -0.2) is 96.5 Å². The maximum absolute atomic E-state index is 14.8. The van der Waals surface area contributed by atoms with Crippen LogP contribution in [0.4, 0.5) is 0 Å². The van der Waals surface area contributed by atoms with Crippen molar-refractivity contribution in [1.29, 1.82) is 0 Å². The summed E-state index contributed by atoms with van der Waals surface area (Å²) in [6, 6.07) is 15.0. The molecule has 5 atom stereocenters. The number of benzene rings is 2. The lowest BCUT2D eigenvalue weighted by molar-refractivity contribution is -0.151. The lowest BCUT2D eigenvalue weighted by Gasteiger charge is -2.40. The molecular formula is C41H49N5O8S. The number of carbonyl (C=O) groups is 4. The molecule has 3 heterocycles. The highest BCUT2D eigenvalue weighted by molar-refractivity contribution is 7.91. The molecule has 55 heavy (non-hydrogen) atoms. The van der Waals surface area contributed by atoms with E-state index in [2.05, 4.69) is 10.0 Å². The molecule has 292 valence electrons. The van der Waals surface area contributed by atoms with Gasteiger partial charge in [-0.05, 0) is 49.7 Å². The first-order chi connectivity index (χ1) is 26.1. The van der Waals surface area contributed by atoms with E-state index in [1.165, 1.54) is 9.80 Å². The van der Waals surface area contributed by atoms with Gasteiger partial charge in [-0.1, -0.05) is 63.3 Å². The van der Waals surface area contributed by atoms with Crippen LogP contribution in [0, 0.1) is 11.3 Å². The lowest BCUT2D eigenvalue weighted by atomic mass is 9.84. The van der Waals surface area contributed by atoms with E-state index in [4.69, 9.17) is 14.5 Å². The Labute approximate surface area is 321 Å². The standard InChI is InChI=1S/C41H49N5O8S/c1-40(2,3)36-38(49)46-24-28(54-34-22-31(25-12-8-6-9-13-25)42-32-20-27(53-5)16-19-30(32)34)21-33(46)37(48)43-41(39(50)44-55(51,52)29-17-18-29)23-26(41)14-10-7-11-15-35(47)45(36)4/h6,8-10,12-14,16,19-20,22,26,28-29,33,36H,7,11,15,17-18,21,23-24H2,1-5H3,(H,43,48)(H,44,50)/b14-10-/t26-,28-,33+,36-,41-/m1/s1. The fourth-order valence-electron chi connectivity index (χ4n) is 7.91. The summed E-state index contributed by atoms with van der Waals surface area (Å²) in [6.45, 7) is 5.66. The Morgan fingerprint density at radius 3 is 2.49 bits per heavy atom. The first kappa shape index (κ1) is 38.3. The van der Waals surface area contributed by atoms with Gasteiger partial charge in [0.1, 0.15) is 35.2 Å². The van der Waals surface area contributed by atoms with E-state index >= 15 is 0 Å². The van der Waals surface area contributed by atoms with Gasteiger partial charge < -0.3 is 24.6 Å². The average Bonchev–Trinajstić information content (AvgIpc) is 4.07. The number of likely N-dealkylation sites (N-methyl/N-ethyl adjacent to an activating group) is 1. The molecule has 0 spiro atoms. The minimum absolute atomic E-state index is 0.0186. The molecule has 13 nitrogen and oxygen atoms in total. The highest BCUT2D eigenvalue weighted by Crippen LogP contribution is 2.46. The normalized spacial score (nSPS) is 27.0. The number of ether oxygens (including phenoxy) is 2. The summed E-state index contributed by atoms with van der Waals surface area (Å²) < 4.78 is 40.2. The van der Waals surface area contributed by atoms with Crippen LogP contribution in [0.1, 0.15) is 65.7 Å². The second-order valence-corrected chi connectivity index (χ2v) is 18.2. The molecule has 4 amide bonds. The Balaban J connectivity index is 1.26. The molecule has 7 rings (SSSR count). The highest BCUT2D eigenvalue weighted by Gasteiger charge is 2.62. The maximum Gasteiger partial charge on any atom is 0.259 e. The second-order valence-electron chi connectivity index (χ2n) is 16.3. The third-order valence-electron chi connectivity index (χ3n) is 11.1. The van der Waals surface area contributed by atoms with Gasteiger partial charge in [0.15, 0.2) is 0 Å². The number of rotatable bonds is 7. The molecule has 2 N–H and O–H groups in total. The number of amides is 4. The van der Waals surface area contributed by atoms with E-state index in [0.29, 0.717) is 53.8 Å². The second kappa shape index (κ2) is 14.6. The first-order valence-corrected chi connectivity index (χ1v) is 20.5. The van der Waals surface area contributed by atoms with Gasteiger partial charge in [-0.15, -0.1) is 0 Å². The van der Waals surface area contributed by atoms with Crippen molar-refractivity contribution in [3.63, 3.8) is 0 Å². The van der Waals surface area contributed by atoms with Crippen LogP contribution in [0.25, 0.3) is 22.2 Å². The molecule has 4 aliphatic rings. The summed E-state index contributed by atoms with van der Waals surface area (Å²) in [4.78, 5) is 64.5. The Morgan fingerprint density at radius 2 is 1.80 bits per heavy atom. The van der Waals surface area contributed by atoms with Crippen molar-refractivity contribution in [1.82, 2.24) is 24.8 Å². The van der Waals surface area contributed by atoms with E-state index in [-0.39, 0.29) is 31.7 Å². The molecule has 1 saturated heterocycles. The Kier molecular flexibility index (Phi) is 10.2. The van der Waals surface area contributed by atoms with Gasteiger partial charge in [-0.3, -0.25) is 23.9 Å². The van der Waals surface area contributed by atoms with E-state index in [1.807, 2.05) is 87.5 Å². The minimum atomic E-state index is -3.90. The molecule has 3 aromatic rings. The molecule has 2 aliphatic carbocycles. The lowest BCUT2D eigenvalue weighted by Crippen LogP contribution is -2.60. The maximum atomic E-state index is 14.8. The topological polar surface area (TPSA) is 164 Å². The van der Waals surface area contributed by atoms with E-state index in [1.54, 1.807) is 14.2 Å². The number of methoxy groups -OCH3 is 1. The van der Waals surface area contributed by atoms with Gasteiger partial charge in [0.2, 0.25) is 27.7 Å². The molecule has 1 aromatic heterocycles. The SMILES string of the molecule is COc1ccc2c(O[C@@H]3C[C@H]4C(=O)N[C@]5(C(=O)NS(=O)(=O)C6CC6)C[C@H]5/C=C\CCCC(=O)N(C)[C@@H](C(C)(C)C)C(=O)N4C3)cc(-c3ccccc3)nc2c1. The van der Waals surface area contributed by atoms with Crippen LogP contribution in [0.15, 0.2) is 66.7 Å². The number of allylic oxidation sites excluding steroid dienone is 1. The molecule has 14 heteroatoms. The quantitative estimate of drug-likeness (QED) is 0.333. The van der Waals surface area contributed by atoms with Gasteiger partial charge in [0, 0.05) is 48.9 Å². The Hall–Kier alpha value is -4.98. The molecule has 2 aliphatic heterocycles. The number of nitrogens with zero attached hydrogens (tertiary/aromatic N) is 3. The predicted octanol–water partition coefficient (Wildman–Crippen LogP) is 4.36. The number of nitrogens with one attached hydrogen (secondary N) is 2. The van der Waals surface area contributed by atoms with Crippen LogP contribution >= 0.6 is 0 Å². The largest absolute Gasteiger partial charge is 0.497 e. The summed E-state index contributed by atoms with van der Waals surface area (Å²) in [5.74, 6) is -1.34. The number of hydrogen-bond donors (Lipinski definition) is 2. The summed E-state index contributed by atoms with van der Waals surface area (Å²) in [7, 11) is -0.692. The first-order valence-electron chi connectivity index (χ1n) is 18.9. The van der Waals surface area contributed by atoms with Gasteiger partial charge in [0.05, 0.1) is 30.1 Å². The smallest absolute Gasteiger partial charge is 0.259 e. The molecule has 2 aromatic carbocycles. The Bertz CT molecular complexity index is 2150. The summed E-state index contributed by atoms with van der Waals surface area (Å²) in [5, 5.41) is 3.00. The van der Waals surface area contributed by atoms with Crippen molar-refractivity contribution in [3.05, 3.63) is 66.7 Å². The van der Waals surface area contributed by atoms with E-state index in [0.717, 1.165) is 5.56 Å². The summed E-state index contributed by atoms with van der Waals surface area (Å²) in [5.41, 5.74) is -0.0586. The summed E-state index contributed by atoms with van der Waals surface area (Å²) >= 11 is 0. The Morgan fingerprint density at radius 1 is 1.05 bits per heavy atom. The van der Waals surface area contributed by atoms with Crippen molar-refractivity contribution < 1.29 is 37.1 Å². The number of sulfonamides is 1. The molecule has 0 bridgehead atoms. The fourth-order valence-corrected chi connectivity index (χ4v) is 9.27. The molecular weight excluding hydrogens is 723 g/mol. The number of pyridine rings is 1. The van der Waals surface area contributed by atoms with Gasteiger partial charge in [-0.25, -0.2) is 13.4 Å². The van der Waals surface area contributed by atoms with Crippen molar-refractivity contribution in [2.75, 3.05) is 20.7 Å². The van der Waals surface area contributed by atoms with E-state index in [9.17, 15) is 27.6 Å². The molecule has 0 radical (unpaired) electrons. The van der Waals surface area contributed by atoms with Crippen LogP contribution in [0.2, 0.25) is 0 Å². The third-order valence-corrected chi connectivity index (χ3v) is 12.9. The number of aromatic nitrogens is 1. The third kappa shape index (κ3) is 7.78. The van der Waals surface area contributed by atoms with E-state index < -0.39 is 68.1 Å². The van der Waals surface area contributed by atoms with Crippen molar-refractivity contribution >= 4 is 44.6 Å². The zero-order chi connectivity index (χ0) is 39.3. The average molecular weight is 772 g/mol. The monoisotopic (exact) mass is 771 g/mol. The zero-order valence-electron chi connectivity index (χ0n) is 31.9. The van der Waals surface area contributed by atoms with Crippen molar-refractivity contribution in [2.24, 2.45) is 11.3 Å². The van der Waals surface area contributed by atoms with Crippen molar-refractivity contribution in [3.8, 4) is 22.8 Å². The van der Waals surface area contributed by atoms with Gasteiger partial charge in [0.25, 0.3) is 5.91 Å². The van der Waals surface area contributed by atoms with Gasteiger partial charge in [-0.2, -0.15) is 0 Å². The predicted molar refractivity (Wildman–Crippen MR) is 206 cm³/mol.